The van der Waals surface area contributed by atoms with Crippen molar-refractivity contribution < 1.29 is 4.79 Å². The molecule has 0 bridgehead atoms. The lowest BCUT2D eigenvalue weighted by Gasteiger charge is -2.31. The molecule has 1 aliphatic carbocycles. The van der Waals surface area contributed by atoms with Crippen molar-refractivity contribution >= 4 is 5.91 Å². The molecule has 1 saturated carbocycles. The highest BCUT2D eigenvalue weighted by atomic mass is 16.2. The fourth-order valence-electron chi connectivity index (χ4n) is 3.14. The zero-order chi connectivity index (χ0) is 14.4. The average molecular weight is 274 g/mol. The first kappa shape index (κ1) is 14.9. The van der Waals surface area contributed by atoms with Gasteiger partial charge in [0, 0.05) is 19.0 Å². The quantitative estimate of drug-likeness (QED) is 0.804. The first-order valence-corrected chi connectivity index (χ1v) is 7.75. The van der Waals surface area contributed by atoms with E-state index in [2.05, 4.69) is 13.0 Å². The zero-order valence-electron chi connectivity index (χ0n) is 12.5. The fourth-order valence-corrected chi connectivity index (χ4v) is 3.14. The molecule has 1 fully saturated rings. The predicted octanol–water partition coefficient (Wildman–Crippen LogP) is 3.14. The van der Waals surface area contributed by atoms with Crippen LogP contribution in [0.25, 0.3) is 0 Å². The summed E-state index contributed by atoms with van der Waals surface area (Å²) in [5.74, 6) is 0.666. The number of hydrogen-bond donors (Lipinski definition) is 1. The van der Waals surface area contributed by atoms with E-state index in [-0.39, 0.29) is 5.92 Å². The molecule has 1 aliphatic heterocycles. The predicted molar refractivity (Wildman–Crippen MR) is 82.9 cm³/mol. The molecule has 0 saturated heterocycles. The Morgan fingerprint density at radius 2 is 2.10 bits per heavy atom. The number of carbonyl (C=O) groups is 1. The Morgan fingerprint density at radius 1 is 1.35 bits per heavy atom. The average Bonchev–Trinajstić information content (AvgIpc) is 2.53. The van der Waals surface area contributed by atoms with Crippen molar-refractivity contribution in [1.29, 1.82) is 0 Å². The minimum absolute atomic E-state index is 0.288. The van der Waals surface area contributed by atoms with Crippen molar-refractivity contribution in [1.82, 2.24) is 4.90 Å². The number of rotatable bonds is 3. The molecule has 20 heavy (non-hydrogen) atoms. The Hall–Kier alpha value is -1.51. The highest BCUT2D eigenvalue weighted by Crippen LogP contribution is 2.27. The Kier molecular flexibility index (Phi) is 5.45. The lowest BCUT2D eigenvalue weighted by atomic mass is 9.87. The van der Waals surface area contributed by atoms with Crippen LogP contribution in [0.2, 0.25) is 0 Å². The Bertz CT molecular complexity index is 428. The van der Waals surface area contributed by atoms with Crippen LogP contribution in [0.3, 0.4) is 0 Å². The molecule has 0 radical (unpaired) electrons. The first-order chi connectivity index (χ1) is 9.72. The van der Waals surface area contributed by atoms with Gasteiger partial charge in [-0.1, -0.05) is 31.4 Å². The molecule has 0 aromatic carbocycles. The van der Waals surface area contributed by atoms with E-state index in [1.54, 1.807) is 6.20 Å². The van der Waals surface area contributed by atoms with Crippen molar-refractivity contribution in [2.24, 2.45) is 11.7 Å². The Labute approximate surface area is 122 Å². The van der Waals surface area contributed by atoms with Gasteiger partial charge in [0.2, 0.25) is 5.91 Å². The van der Waals surface area contributed by atoms with Gasteiger partial charge in [0.25, 0.3) is 0 Å². The number of carbonyl (C=O) groups excluding carboxylic acids is 1. The molecule has 2 aliphatic rings. The summed E-state index contributed by atoms with van der Waals surface area (Å²) in [6, 6.07) is 0. The highest BCUT2D eigenvalue weighted by molar-refractivity contribution is 5.79. The van der Waals surface area contributed by atoms with E-state index in [0.717, 1.165) is 32.4 Å². The summed E-state index contributed by atoms with van der Waals surface area (Å²) in [4.78, 5) is 14.5. The molecule has 110 valence electrons. The minimum Gasteiger partial charge on any atom is -0.405 e. The van der Waals surface area contributed by atoms with Crippen LogP contribution in [-0.4, -0.2) is 23.9 Å². The van der Waals surface area contributed by atoms with E-state index in [0.29, 0.717) is 5.91 Å². The van der Waals surface area contributed by atoms with Crippen LogP contribution >= 0.6 is 0 Å². The summed E-state index contributed by atoms with van der Waals surface area (Å²) >= 11 is 0. The summed E-state index contributed by atoms with van der Waals surface area (Å²) in [6.45, 7) is 3.73. The van der Waals surface area contributed by atoms with Crippen molar-refractivity contribution in [3.05, 3.63) is 35.6 Å². The molecule has 0 unspecified atom stereocenters. The van der Waals surface area contributed by atoms with Crippen molar-refractivity contribution in [2.75, 3.05) is 13.1 Å². The minimum atomic E-state index is 0.288. The summed E-state index contributed by atoms with van der Waals surface area (Å²) in [7, 11) is 0. The normalized spacial score (nSPS) is 22.1. The van der Waals surface area contributed by atoms with Gasteiger partial charge in [0.1, 0.15) is 0 Å². The molecule has 3 heteroatoms. The van der Waals surface area contributed by atoms with Gasteiger partial charge in [0.05, 0.1) is 0 Å². The zero-order valence-corrected chi connectivity index (χ0v) is 12.5. The maximum absolute atomic E-state index is 12.5. The third kappa shape index (κ3) is 3.75. The van der Waals surface area contributed by atoms with E-state index in [1.165, 1.54) is 30.4 Å². The summed E-state index contributed by atoms with van der Waals surface area (Å²) in [5.41, 5.74) is 7.94. The summed E-state index contributed by atoms with van der Waals surface area (Å²) < 4.78 is 0. The third-order valence-corrected chi connectivity index (χ3v) is 4.44. The summed E-state index contributed by atoms with van der Waals surface area (Å²) in [5, 5.41) is 0. The number of nitrogens with zero attached hydrogens (tertiary/aromatic N) is 1. The number of nitrogens with two attached hydrogens (primary N) is 1. The van der Waals surface area contributed by atoms with Crippen LogP contribution in [-0.2, 0) is 4.79 Å². The molecule has 2 N–H and O–H groups in total. The molecule has 2 rings (SSSR count). The van der Waals surface area contributed by atoms with Gasteiger partial charge in [-0.3, -0.25) is 4.79 Å². The largest absolute Gasteiger partial charge is 0.405 e. The summed E-state index contributed by atoms with van der Waals surface area (Å²) in [6.07, 6.45) is 14.5. The Morgan fingerprint density at radius 3 is 2.70 bits per heavy atom. The van der Waals surface area contributed by atoms with Gasteiger partial charge >= 0.3 is 0 Å². The molecule has 0 atom stereocenters. The van der Waals surface area contributed by atoms with Crippen LogP contribution in [0.1, 0.15) is 45.4 Å². The van der Waals surface area contributed by atoms with E-state index >= 15 is 0 Å². The second-order valence-electron chi connectivity index (χ2n) is 5.83. The topological polar surface area (TPSA) is 46.3 Å². The second-order valence-corrected chi connectivity index (χ2v) is 5.83. The van der Waals surface area contributed by atoms with E-state index in [1.807, 2.05) is 17.1 Å². The molecular formula is C17H26N2O. The standard InChI is InChI=1S/C17H26N2O/c1-14(6-5-11-18)15-9-12-19(13-10-15)17(20)16-7-3-2-4-8-16/h5-6,9,11,16H,2-4,7-8,10,12-13,18H2,1H3/b11-5-,14-6+. The maximum Gasteiger partial charge on any atom is 0.225 e. The lowest BCUT2D eigenvalue weighted by Crippen LogP contribution is -2.39. The van der Waals surface area contributed by atoms with E-state index < -0.39 is 0 Å². The van der Waals surface area contributed by atoms with Gasteiger partial charge in [-0.25, -0.2) is 0 Å². The van der Waals surface area contributed by atoms with Crippen LogP contribution < -0.4 is 5.73 Å². The second kappa shape index (κ2) is 7.32. The van der Waals surface area contributed by atoms with Gasteiger partial charge in [-0.05, 0) is 49.6 Å². The third-order valence-electron chi connectivity index (χ3n) is 4.44. The van der Waals surface area contributed by atoms with Gasteiger partial charge in [0.15, 0.2) is 0 Å². The monoisotopic (exact) mass is 274 g/mol. The molecular weight excluding hydrogens is 248 g/mol. The van der Waals surface area contributed by atoms with Crippen LogP contribution in [0, 0.1) is 5.92 Å². The molecule has 0 spiro atoms. The fraction of sp³-hybridized carbons (Fsp3) is 0.588. The van der Waals surface area contributed by atoms with Crippen molar-refractivity contribution in [3.63, 3.8) is 0 Å². The van der Waals surface area contributed by atoms with Crippen molar-refractivity contribution in [2.45, 2.75) is 45.4 Å². The van der Waals surface area contributed by atoms with Gasteiger partial charge in [-0.2, -0.15) is 0 Å². The van der Waals surface area contributed by atoms with Gasteiger partial charge < -0.3 is 10.6 Å². The highest BCUT2D eigenvalue weighted by Gasteiger charge is 2.26. The van der Waals surface area contributed by atoms with E-state index in [9.17, 15) is 4.79 Å². The van der Waals surface area contributed by atoms with Crippen LogP contribution in [0.5, 0.6) is 0 Å². The number of allylic oxidation sites excluding steroid dienone is 3. The van der Waals surface area contributed by atoms with Crippen LogP contribution in [0.4, 0.5) is 0 Å². The first-order valence-electron chi connectivity index (χ1n) is 7.75. The lowest BCUT2D eigenvalue weighted by molar-refractivity contribution is -0.136. The van der Waals surface area contributed by atoms with Crippen molar-refractivity contribution in [3.8, 4) is 0 Å². The number of hydrogen-bond acceptors (Lipinski definition) is 2. The van der Waals surface area contributed by atoms with Gasteiger partial charge in [-0.15, -0.1) is 0 Å². The van der Waals surface area contributed by atoms with Crippen LogP contribution in [0.15, 0.2) is 35.6 Å². The molecule has 0 aromatic heterocycles. The molecule has 3 nitrogen and oxygen atoms in total. The smallest absolute Gasteiger partial charge is 0.225 e. The molecule has 1 amide bonds. The maximum atomic E-state index is 12.5. The SMILES string of the molecule is C/C(=C\C=C/N)C1=CCN(C(=O)C2CCCCC2)CC1. The Balaban J connectivity index is 1.92. The molecule has 1 heterocycles. The number of amides is 1. The molecule has 0 aromatic rings. The van der Waals surface area contributed by atoms with E-state index in [4.69, 9.17) is 5.73 Å².